The van der Waals surface area contributed by atoms with E-state index in [1.807, 2.05) is 19.9 Å². The van der Waals surface area contributed by atoms with E-state index in [9.17, 15) is 4.79 Å². The number of aryl methyl sites for hydroxylation is 2. The molecule has 0 aliphatic rings. The molecule has 0 spiro atoms. The molecule has 0 fully saturated rings. The molecule has 0 aliphatic heterocycles. The summed E-state index contributed by atoms with van der Waals surface area (Å²) in [6.45, 7) is 8.10. The van der Waals surface area contributed by atoms with Crippen LogP contribution in [-0.4, -0.2) is 33.9 Å². The van der Waals surface area contributed by atoms with E-state index in [1.54, 1.807) is 37.0 Å². The van der Waals surface area contributed by atoms with Gasteiger partial charge in [-0.05, 0) is 31.5 Å². The zero-order valence-corrected chi connectivity index (χ0v) is 19.8. The number of allylic oxidation sites excluding steroid dienone is 1. The largest absolute Gasteiger partial charge is 0.497 e. The van der Waals surface area contributed by atoms with Crippen molar-refractivity contribution in [3.05, 3.63) is 57.5 Å². The molecule has 32 heavy (non-hydrogen) atoms. The van der Waals surface area contributed by atoms with Crippen LogP contribution in [0.3, 0.4) is 0 Å². The highest BCUT2D eigenvalue weighted by Gasteiger charge is 2.18. The fraction of sp³-hybridized carbons (Fsp3) is 0.273. The second-order valence-electron chi connectivity index (χ2n) is 6.93. The minimum Gasteiger partial charge on any atom is -0.497 e. The minimum absolute atomic E-state index is 0.0616. The third-order valence-electron chi connectivity index (χ3n) is 5.01. The predicted molar refractivity (Wildman–Crippen MR) is 126 cm³/mol. The van der Waals surface area contributed by atoms with Gasteiger partial charge in [0.2, 0.25) is 11.7 Å². The number of rotatable bonds is 8. The van der Waals surface area contributed by atoms with E-state index >= 15 is 0 Å². The lowest BCUT2D eigenvalue weighted by Crippen LogP contribution is -2.22. The van der Waals surface area contributed by atoms with Crippen molar-refractivity contribution in [2.24, 2.45) is 0 Å². The van der Waals surface area contributed by atoms with Crippen LogP contribution in [0.5, 0.6) is 11.5 Å². The summed E-state index contributed by atoms with van der Waals surface area (Å²) < 4.78 is 17.7. The van der Waals surface area contributed by atoms with E-state index in [-0.39, 0.29) is 5.56 Å². The molecule has 3 heterocycles. The molecule has 0 atom stereocenters. The van der Waals surface area contributed by atoms with Crippen LogP contribution in [0.1, 0.15) is 16.3 Å². The molecule has 0 N–H and O–H groups in total. The van der Waals surface area contributed by atoms with Crippen LogP contribution in [0.2, 0.25) is 0 Å². The number of hydrogen-bond acceptors (Lipinski definition) is 9. The number of aromatic nitrogens is 4. The second-order valence-corrected chi connectivity index (χ2v) is 9.07. The maximum Gasteiger partial charge on any atom is 0.263 e. The van der Waals surface area contributed by atoms with E-state index in [0.29, 0.717) is 51.6 Å². The molecule has 1 aromatic carbocycles. The number of methoxy groups -OCH3 is 2. The summed E-state index contributed by atoms with van der Waals surface area (Å²) in [5, 5.41) is 5.34. The van der Waals surface area contributed by atoms with Crippen molar-refractivity contribution >= 4 is 33.3 Å². The Hall–Kier alpha value is -3.11. The summed E-state index contributed by atoms with van der Waals surface area (Å²) in [5.74, 6) is 2.45. The van der Waals surface area contributed by atoms with Crippen molar-refractivity contribution in [1.82, 2.24) is 19.7 Å². The highest BCUT2D eigenvalue weighted by molar-refractivity contribution is 7.98. The zero-order chi connectivity index (χ0) is 22.8. The summed E-state index contributed by atoms with van der Waals surface area (Å²) in [5.41, 5.74) is 1.61. The van der Waals surface area contributed by atoms with E-state index < -0.39 is 0 Å². The average molecular weight is 471 g/mol. The topological polar surface area (TPSA) is 92.3 Å². The molecular formula is C22H22N4O4S2. The molecule has 10 heteroatoms. The van der Waals surface area contributed by atoms with Gasteiger partial charge in [-0.25, -0.2) is 4.98 Å². The van der Waals surface area contributed by atoms with Crippen LogP contribution in [0, 0.1) is 13.8 Å². The van der Waals surface area contributed by atoms with Gasteiger partial charge in [0.15, 0.2) is 5.16 Å². The maximum atomic E-state index is 13.1. The number of nitrogens with zero attached hydrogens (tertiary/aromatic N) is 4. The van der Waals surface area contributed by atoms with Gasteiger partial charge in [0.1, 0.15) is 16.3 Å². The Morgan fingerprint density at radius 2 is 2.06 bits per heavy atom. The average Bonchev–Trinajstić information content (AvgIpc) is 3.38. The Kier molecular flexibility index (Phi) is 6.33. The third kappa shape index (κ3) is 4.03. The van der Waals surface area contributed by atoms with Crippen LogP contribution in [0.15, 0.2) is 45.3 Å². The van der Waals surface area contributed by atoms with Gasteiger partial charge in [0.25, 0.3) is 5.56 Å². The summed E-state index contributed by atoms with van der Waals surface area (Å²) >= 11 is 2.90. The summed E-state index contributed by atoms with van der Waals surface area (Å²) in [7, 11) is 3.16. The van der Waals surface area contributed by atoms with Gasteiger partial charge in [-0.15, -0.1) is 17.9 Å². The summed E-state index contributed by atoms with van der Waals surface area (Å²) in [6, 6.07) is 5.39. The van der Waals surface area contributed by atoms with Crippen molar-refractivity contribution in [2.45, 2.75) is 31.3 Å². The monoisotopic (exact) mass is 470 g/mol. The lowest BCUT2D eigenvalue weighted by atomic mass is 10.2. The highest BCUT2D eigenvalue weighted by Crippen LogP contribution is 2.33. The molecule has 166 valence electrons. The van der Waals surface area contributed by atoms with Crippen molar-refractivity contribution in [1.29, 1.82) is 0 Å². The van der Waals surface area contributed by atoms with E-state index in [1.165, 1.54) is 23.1 Å². The number of thiophene rings is 1. The van der Waals surface area contributed by atoms with Crippen molar-refractivity contribution < 1.29 is 14.0 Å². The fourth-order valence-corrected chi connectivity index (χ4v) is 5.16. The molecule has 0 bridgehead atoms. The standard InChI is InChI=1S/C22H22N4O4S2/c1-6-9-26-21(27)18-12(2)13(3)32-20(18)24-22(26)31-11-17-23-19(25-30-17)15-8-7-14(28-4)10-16(15)29-5/h6-8,10H,1,9,11H2,2-5H3. The van der Waals surface area contributed by atoms with Crippen molar-refractivity contribution in [3.8, 4) is 22.9 Å². The number of fused-ring (bicyclic) bond motifs is 1. The van der Waals surface area contributed by atoms with Gasteiger partial charge in [-0.1, -0.05) is 23.0 Å². The first-order valence-corrected chi connectivity index (χ1v) is 11.6. The molecule has 4 aromatic rings. The van der Waals surface area contributed by atoms with Gasteiger partial charge in [-0.2, -0.15) is 4.98 Å². The lowest BCUT2D eigenvalue weighted by Gasteiger charge is -2.09. The molecule has 0 unspecified atom stereocenters. The van der Waals surface area contributed by atoms with Crippen LogP contribution < -0.4 is 15.0 Å². The Labute approximate surface area is 192 Å². The van der Waals surface area contributed by atoms with E-state index in [0.717, 1.165) is 15.3 Å². The van der Waals surface area contributed by atoms with Crippen LogP contribution in [-0.2, 0) is 12.3 Å². The quantitative estimate of drug-likeness (QED) is 0.209. The summed E-state index contributed by atoms with van der Waals surface area (Å²) in [4.78, 5) is 24.1. The van der Waals surface area contributed by atoms with Crippen LogP contribution in [0.25, 0.3) is 21.6 Å². The number of ether oxygens (including phenoxy) is 2. The smallest absolute Gasteiger partial charge is 0.263 e. The Bertz CT molecular complexity index is 1360. The number of hydrogen-bond donors (Lipinski definition) is 0. The lowest BCUT2D eigenvalue weighted by molar-refractivity contribution is 0.388. The van der Waals surface area contributed by atoms with E-state index in [4.69, 9.17) is 19.0 Å². The molecule has 0 radical (unpaired) electrons. The van der Waals surface area contributed by atoms with Gasteiger partial charge in [0.05, 0.1) is 30.9 Å². The zero-order valence-electron chi connectivity index (χ0n) is 18.2. The number of thioether (sulfide) groups is 1. The Morgan fingerprint density at radius 3 is 2.78 bits per heavy atom. The van der Waals surface area contributed by atoms with Gasteiger partial charge >= 0.3 is 0 Å². The minimum atomic E-state index is -0.0616. The molecular weight excluding hydrogens is 448 g/mol. The second kappa shape index (κ2) is 9.17. The molecule has 0 saturated heterocycles. The fourth-order valence-electron chi connectivity index (χ4n) is 3.24. The van der Waals surface area contributed by atoms with Crippen LogP contribution in [0.4, 0.5) is 0 Å². The van der Waals surface area contributed by atoms with Gasteiger partial charge in [-0.3, -0.25) is 9.36 Å². The molecule has 0 amide bonds. The SMILES string of the molecule is C=CCn1c(SCc2nc(-c3ccc(OC)cc3OC)no2)nc2sc(C)c(C)c2c1=O. The first-order chi connectivity index (χ1) is 15.5. The normalized spacial score (nSPS) is 11.1. The van der Waals surface area contributed by atoms with Crippen LogP contribution >= 0.6 is 23.1 Å². The Balaban J connectivity index is 1.62. The maximum absolute atomic E-state index is 13.1. The first kappa shape index (κ1) is 22.1. The molecule has 4 rings (SSSR count). The molecule has 0 saturated carbocycles. The van der Waals surface area contributed by atoms with Crippen molar-refractivity contribution in [2.75, 3.05) is 14.2 Å². The van der Waals surface area contributed by atoms with E-state index in [2.05, 4.69) is 16.7 Å². The molecule has 3 aromatic heterocycles. The predicted octanol–water partition coefficient (Wildman–Crippen LogP) is 4.62. The first-order valence-electron chi connectivity index (χ1n) is 9.76. The van der Waals surface area contributed by atoms with Gasteiger partial charge in [0, 0.05) is 17.5 Å². The third-order valence-corrected chi connectivity index (χ3v) is 7.07. The highest BCUT2D eigenvalue weighted by atomic mass is 32.2. The number of benzene rings is 1. The Morgan fingerprint density at radius 1 is 1.25 bits per heavy atom. The molecule has 0 aliphatic carbocycles. The van der Waals surface area contributed by atoms with Gasteiger partial charge < -0.3 is 14.0 Å². The summed E-state index contributed by atoms with van der Waals surface area (Å²) in [6.07, 6.45) is 1.69. The molecule has 8 nitrogen and oxygen atoms in total. The van der Waals surface area contributed by atoms with Crippen molar-refractivity contribution in [3.63, 3.8) is 0 Å².